The molecule has 1 heterocycles. The highest BCUT2D eigenvalue weighted by atomic mass is 16.6. The summed E-state index contributed by atoms with van der Waals surface area (Å²) in [6.07, 6.45) is 1.55. The Morgan fingerprint density at radius 1 is 1.32 bits per heavy atom. The highest BCUT2D eigenvalue weighted by Crippen LogP contribution is 2.27. The largest absolute Gasteiger partial charge is 0.439 e. The van der Waals surface area contributed by atoms with Crippen molar-refractivity contribution in [2.75, 3.05) is 5.73 Å². The molecule has 0 aliphatic heterocycles. The van der Waals surface area contributed by atoms with Crippen LogP contribution in [0.2, 0.25) is 0 Å². The smallest absolute Gasteiger partial charge is 0.272 e. The van der Waals surface area contributed by atoms with Crippen LogP contribution >= 0.6 is 0 Å². The number of hydrogen-bond donors (Lipinski definition) is 1. The second kappa shape index (κ2) is 4.89. The normalized spacial score (nSPS) is 10.2. The minimum atomic E-state index is -0.437. The maximum absolute atomic E-state index is 10.7. The van der Waals surface area contributed by atoms with Gasteiger partial charge in [-0.05, 0) is 26.0 Å². The maximum atomic E-state index is 10.7. The van der Waals surface area contributed by atoms with Gasteiger partial charge in [0.1, 0.15) is 5.75 Å². The Morgan fingerprint density at radius 3 is 2.68 bits per heavy atom. The molecule has 0 fully saturated rings. The lowest BCUT2D eigenvalue weighted by atomic mass is 10.2. The molecular weight excluding hydrogens is 248 g/mol. The van der Waals surface area contributed by atoms with Crippen LogP contribution in [0.5, 0.6) is 11.6 Å². The molecule has 0 bridgehead atoms. The second-order valence-corrected chi connectivity index (χ2v) is 4.02. The van der Waals surface area contributed by atoms with Gasteiger partial charge in [0.25, 0.3) is 5.69 Å². The Kier molecular flexibility index (Phi) is 3.28. The summed E-state index contributed by atoms with van der Waals surface area (Å²) in [6.45, 7) is 3.43. The molecule has 0 radical (unpaired) electrons. The average molecular weight is 260 g/mol. The number of ether oxygens (including phenoxy) is 1. The van der Waals surface area contributed by atoms with E-state index in [4.69, 9.17) is 10.5 Å². The fraction of sp³-hybridized carbons (Fsp3) is 0.167. The SMILES string of the molecule is Cc1cc(Oc2nc(N)ncc2C)ccc1[N+](=O)[O-]. The molecule has 7 heteroatoms. The number of nitro groups is 1. The number of aryl methyl sites for hydroxylation is 2. The first kappa shape index (κ1) is 12.7. The third-order valence-corrected chi connectivity index (χ3v) is 2.52. The number of anilines is 1. The second-order valence-electron chi connectivity index (χ2n) is 4.02. The van der Waals surface area contributed by atoms with Gasteiger partial charge in [0.15, 0.2) is 0 Å². The summed E-state index contributed by atoms with van der Waals surface area (Å²) < 4.78 is 5.55. The van der Waals surface area contributed by atoms with E-state index in [0.717, 1.165) is 5.56 Å². The van der Waals surface area contributed by atoms with Gasteiger partial charge >= 0.3 is 0 Å². The van der Waals surface area contributed by atoms with Crippen LogP contribution in [0, 0.1) is 24.0 Å². The molecule has 7 nitrogen and oxygen atoms in total. The first-order chi connectivity index (χ1) is 8.97. The third-order valence-electron chi connectivity index (χ3n) is 2.52. The molecule has 0 aliphatic carbocycles. The fourth-order valence-electron chi connectivity index (χ4n) is 1.55. The van der Waals surface area contributed by atoms with Crippen LogP contribution in [0.25, 0.3) is 0 Å². The van der Waals surface area contributed by atoms with E-state index in [-0.39, 0.29) is 11.6 Å². The zero-order chi connectivity index (χ0) is 14.0. The first-order valence-electron chi connectivity index (χ1n) is 5.49. The summed E-state index contributed by atoms with van der Waals surface area (Å²) in [5.74, 6) is 0.907. The summed E-state index contributed by atoms with van der Waals surface area (Å²) in [5.41, 5.74) is 6.77. The summed E-state index contributed by atoms with van der Waals surface area (Å²) in [6, 6.07) is 4.49. The minimum absolute atomic E-state index is 0.0475. The molecule has 0 saturated carbocycles. The molecule has 98 valence electrons. The zero-order valence-electron chi connectivity index (χ0n) is 10.5. The van der Waals surface area contributed by atoms with Crippen molar-refractivity contribution in [2.24, 2.45) is 0 Å². The van der Waals surface area contributed by atoms with Crippen molar-refractivity contribution in [2.45, 2.75) is 13.8 Å². The van der Waals surface area contributed by atoms with Gasteiger partial charge < -0.3 is 10.5 Å². The lowest BCUT2D eigenvalue weighted by Crippen LogP contribution is -1.99. The van der Waals surface area contributed by atoms with Crippen molar-refractivity contribution >= 4 is 11.6 Å². The lowest BCUT2D eigenvalue weighted by Gasteiger charge is -2.08. The van der Waals surface area contributed by atoms with Crippen molar-refractivity contribution in [1.29, 1.82) is 0 Å². The van der Waals surface area contributed by atoms with Crippen LogP contribution in [0.1, 0.15) is 11.1 Å². The van der Waals surface area contributed by atoms with Crippen LogP contribution in [-0.4, -0.2) is 14.9 Å². The van der Waals surface area contributed by atoms with E-state index in [2.05, 4.69) is 9.97 Å². The van der Waals surface area contributed by atoms with Crippen molar-refractivity contribution < 1.29 is 9.66 Å². The van der Waals surface area contributed by atoms with Crippen LogP contribution in [0.3, 0.4) is 0 Å². The van der Waals surface area contributed by atoms with E-state index in [1.165, 1.54) is 12.1 Å². The van der Waals surface area contributed by atoms with E-state index >= 15 is 0 Å². The van der Waals surface area contributed by atoms with E-state index in [1.54, 1.807) is 26.1 Å². The summed E-state index contributed by atoms with van der Waals surface area (Å²) in [7, 11) is 0. The van der Waals surface area contributed by atoms with Gasteiger partial charge in [-0.15, -0.1) is 0 Å². The van der Waals surface area contributed by atoms with Gasteiger partial charge in [0.2, 0.25) is 11.8 Å². The topological polar surface area (TPSA) is 104 Å². The van der Waals surface area contributed by atoms with Gasteiger partial charge in [0, 0.05) is 23.4 Å². The number of nitrogens with two attached hydrogens (primary N) is 1. The maximum Gasteiger partial charge on any atom is 0.272 e. The Balaban J connectivity index is 2.31. The Morgan fingerprint density at radius 2 is 2.05 bits per heavy atom. The predicted octanol–water partition coefficient (Wildman–Crippen LogP) is 2.38. The van der Waals surface area contributed by atoms with E-state index in [0.29, 0.717) is 17.2 Å². The number of rotatable bonds is 3. The van der Waals surface area contributed by atoms with Crippen molar-refractivity contribution in [1.82, 2.24) is 9.97 Å². The quantitative estimate of drug-likeness (QED) is 0.671. The molecule has 2 aromatic rings. The van der Waals surface area contributed by atoms with Gasteiger partial charge in [-0.1, -0.05) is 0 Å². The number of nitrogen functional groups attached to an aromatic ring is 1. The predicted molar refractivity (Wildman–Crippen MR) is 69.1 cm³/mol. The van der Waals surface area contributed by atoms with Crippen molar-refractivity contribution in [3.63, 3.8) is 0 Å². The number of nitrogens with zero attached hydrogens (tertiary/aromatic N) is 3. The van der Waals surface area contributed by atoms with Gasteiger partial charge in [-0.2, -0.15) is 4.98 Å². The Hall–Kier alpha value is -2.70. The molecule has 1 aromatic heterocycles. The van der Waals surface area contributed by atoms with Gasteiger partial charge in [0.05, 0.1) is 4.92 Å². The highest BCUT2D eigenvalue weighted by molar-refractivity contribution is 5.45. The average Bonchev–Trinajstić information content (AvgIpc) is 2.33. The molecule has 2 rings (SSSR count). The summed E-state index contributed by atoms with van der Waals surface area (Å²) >= 11 is 0. The van der Waals surface area contributed by atoms with E-state index in [9.17, 15) is 10.1 Å². The Bertz CT molecular complexity index is 643. The first-order valence-corrected chi connectivity index (χ1v) is 5.49. The lowest BCUT2D eigenvalue weighted by molar-refractivity contribution is -0.385. The van der Waals surface area contributed by atoms with E-state index in [1.807, 2.05) is 0 Å². The molecule has 0 amide bonds. The number of benzene rings is 1. The molecule has 0 spiro atoms. The van der Waals surface area contributed by atoms with Crippen molar-refractivity contribution in [3.8, 4) is 11.6 Å². The minimum Gasteiger partial charge on any atom is -0.439 e. The molecule has 0 saturated heterocycles. The molecule has 19 heavy (non-hydrogen) atoms. The number of aromatic nitrogens is 2. The Labute approximate surface area is 109 Å². The molecule has 1 aromatic carbocycles. The summed E-state index contributed by atoms with van der Waals surface area (Å²) in [4.78, 5) is 18.1. The standard InChI is InChI=1S/C12H12N4O3/c1-7-5-9(3-4-10(7)16(17)18)19-11-8(2)6-14-12(13)15-11/h3-6H,1-2H3,(H2,13,14,15). The van der Waals surface area contributed by atoms with E-state index < -0.39 is 4.92 Å². The van der Waals surface area contributed by atoms with Crippen LogP contribution in [0.15, 0.2) is 24.4 Å². The monoisotopic (exact) mass is 260 g/mol. The number of nitro benzene ring substituents is 1. The van der Waals surface area contributed by atoms with Crippen molar-refractivity contribution in [3.05, 3.63) is 45.6 Å². The molecule has 2 N–H and O–H groups in total. The number of hydrogen-bond acceptors (Lipinski definition) is 6. The molecule has 0 atom stereocenters. The van der Waals surface area contributed by atoms with Gasteiger partial charge in [-0.25, -0.2) is 4.98 Å². The highest BCUT2D eigenvalue weighted by Gasteiger charge is 2.12. The molecular formula is C12H12N4O3. The van der Waals surface area contributed by atoms with Crippen LogP contribution in [-0.2, 0) is 0 Å². The zero-order valence-corrected chi connectivity index (χ0v) is 10.5. The summed E-state index contributed by atoms with van der Waals surface area (Å²) in [5, 5.41) is 10.7. The van der Waals surface area contributed by atoms with Gasteiger partial charge in [-0.3, -0.25) is 10.1 Å². The van der Waals surface area contributed by atoms with Crippen LogP contribution in [0.4, 0.5) is 11.6 Å². The third kappa shape index (κ3) is 2.76. The fourth-order valence-corrected chi connectivity index (χ4v) is 1.55. The molecule has 0 aliphatic rings. The molecule has 0 unspecified atom stereocenters. The van der Waals surface area contributed by atoms with Crippen LogP contribution < -0.4 is 10.5 Å².